The highest BCUT2D eigenvalue weighted by Gasteiger charge is 2.36. The van der Waals surface area contributed by atoms with Crippen LogP contribution in [0.5, 0.6) is 0 Å². The van der Waals surface area contributed by atoms with E-state index in [1.165, 1.54) is 16.8 Å². The number of aliphatic imine (C=N–C) groups is 1. The van der Waals surface area contributed by atoms with Crippen LogP contribution in [0.4, 0.5) is 5.69 Å². The highest BCUT2D eigenvalue weighted by molar-refractivity contribution is 8.27. The summed E-state index contributed by atoms with van der Waals surface area (Å²) in [6.07, 6.45) is 1.66. The Labute approximate surface area is 171 Å². The molecule has 2 aliphatic rings. The van der Waals surface area contributed by atoms with Crippen LogP contribution in [0.25, 0.3) is 6.08 Å². The number of amidine groups is 2. The lowest BCUT2D eigenvalue weighted by Gasteiger charge is -2.20. The number of amides is 1. The fourth-order valence-corrected chi connectivity index (χ4v) is 3.98. The molecule has 2 aromatic rings. The molecule has 140 valence electrons. The van der Waals surface area contributed by atoms with Gasteiger partial charge in [-0.15, -0.1) is 0 Å². The first-order chi connectivity index (χ1) is 13.4. The SMILES string of the molecule is CN(C)c1ccc(/C=C2/C(=N)N3N=C(c4ccccc4Cl)SC3=NC2=O)cc1. The molecule has 0 fully saturated rings. The van der Waals surface area contributed by atoms with Crippen molar-refractivity contribution in [1.29, 1.82) is 5.41 Å². The highest BCUT2D eigenvalue weighted by Crippen LogP contribution is 2.33. The molecule has 4 rings (SSSR count). The smallest absolute Gasteiger partial charge is 0.283 e. The third-order valence-corrected chi connectivity index (χ3v) is 5.55. The van der Waals surface area contributed by atoms with Gasteiger partial charge < -0.3 is 4.90 Å². The van der Waals surface area contributed by atoms with Gasteiger partial charge in [0.1, 0.15) is 5.04 Å². The summed E-state index contributed by atoms with van der Waals surface area (Å²) in [7, 11) is 3.92. The second-order valence-corrected chi connectivity index (χ2v) is 7.75. The van der Waals surface area contributed by atoms with Gasteiger partial charge in [-0.1, -0.05) is 41.9 Å². The summed E-state index contributed by atoms with van der Waals surface area (Å²) in [5, 5.41) is 15.8. The van der Waals surface area contributed by atoms with Gasteiger partial charge in [-0.05, 0) is 41.6 Å². The molecular weight excluding hydrogens is 394 g/mol. The Hall–Kier alpha value is -2.90. The highest BCUT2D eigenvalue weighted by atomic mass is 35.5. The van der Waals surface area contributed by atoms with Crippen molar-refractivity contribution in [2.45, 2.75) is 0 Å². The van der Waals surface area contributed by atoms with Crippen LogP contribution in [-0.4, -0.2) is 41.1 Å². The van der Waals surface area contributed by atoms with Gasteiger partial charge in [0.05, 0.1) is 10.6 Å². The minimum absolute atomic E-state index is 0.00115. The third kappa shape index (κ3) is 3.34. The number of anilines is 1. The van der Waals surface area contributed by atoms with Crippen molar-refractivity contribution in [3.8, 4) is 0 Å². The molecule has 1 N–H and O–H groups in total. The molecule has 0 unspecified atom stereocenters. The lowest BCUT2D eigenvalue weighted by molar-refractivity contribution is -0.114. The molecule has 0 radical (unpaired) electrons. The molecule has 0 saturated carbocycles. The molecular formula is C20H16ClN5OS. The number of hydrogen-bond acceptors (Lipinski definition) is 5. The summed E-state index contributed by atoms with van der Waals surface area (Å²) >= 11 is 7.48. The number of thioether (sulfide) groups is 1. The minimum atomic E-state index is -0.448. The van der Waals surface area contributed by atoms with Gasteiger partial charge in [0.25, 0.3) is 5.91 Å². The Morgan fingerprint density at radius 3 is 2.54 bits per heavy atom. The Kier molecular flexibility index (Phi) is 4.78. The van der Waals surface area contributed by atoms with Crippen LogP contribution >= 0.6 is 23.4 Å². The first-order valence-corrected chi connectivity index (χ1v) is 9.66. The molecule has 0 spiro atoms. The molecule has 1 amide bonds. The maximum Gasteiger partial charge on any atom is 0.283 e. The molecule has 0 saturated heterocycles. The second kappa shape index (κ2) is 7.26. The van der Waals surface area contributed by atoms with Crippen LogP contribution in [0.3, 0.4) is 0 Å². The van der Waals surface area contributed by atoms with Gasteiger partial charge in [-0.2, -0.15) is 15.1 Å². The van der Waals surface area contributed by atoms with Crippen LogP contribution in [0.2, 0.25) is 5.02 Å². The summed E-state index contributed by atoms with van der Waals surface area (Å²) in [4.78, 5) is 18.6. The van der Waals surface area contributed by atoms with E-state index in [9.17, 15) is 4.79 Å². The lowest BCUT2D eigenvalue weighted by Crippen LogP contribution is -2.35. The van der Waals surface area contributed by atoms with Gasteiger partial charge in [0.2, 0.25) is 5.17 Å². The largest absolute Gasteiger partial charge is 0.378 e. The number of hydrazone groups is 1. The fourth-order valence-electron chi connectivity index (χ4n) is 2.77. The van der Waals surface area contributed by atoms with Crippen molar-refractivity contribution in [2.24, 2.45) is 10.1 Å². The zero-order valence-corrected chi connectivity index (χ0v) is 16.8. The zero-order valence-electron chi connectivity index (χ0n) is 15.2. The molecule has 2 aliphatic heterocycles. The second-order valence-electron chi connectivity index (χ2n) is 6.39. The number of hydrogen-bond donors (Lipinski definition) is 1. The van der Waals surface area contributed by atoms with Crippen LogP contribution in [-0.2, 0) is 4.79 Å². The Bertz CT molecular complexity index is 1070. The first-order valence-electron chi connectivity index (χ1n) is 8.46. The number of carbonyl (C=O) groups excluding carboxylic acids is 1. The summed E-state index contributed by atoms with van der Waals surface area (Å²) in [6.45, 7) is 0. The molecule has 8 heteroatoms. The lowest BCUT2D eigenvalue weighted by atomic mass is 10.1. The maximum absolute atomic E-state index is 12.5. The van der Waals surface area contributed by atoms with Crippen LogP contribution < -0.4 is 4.90 Å². The van der Waals surface area contributed by atoms with Crippen LogP contribution in [0, 0.1) is 5.41 Å². The van der Waals surface area contributed by atoms with Crippen LogP contribution in [0.15, 0.2) is 64.2 Å². The molecule has 2 heterocycles. The topological polar surface area (TPSA) is 72.1 Å². The third-order valence-electron chi connectivity index (χ3n) is 4.28. The Morgan fingerprint density at radius 2 is 1.86 bits per heavy atom. The van der Waals surface area contributed by atoms with Gasteiger partial charge >= 0.3 is 0 Å². The Balaban J connectivity index is 1.66. The van der Waals surface area contributed by atoms with E-state index in [4.69, 9.17) is 17.0 Å². The Morgan fingerprint density at radius 1 is 1.14 bits per heavy atom. The van der Waals surface area contributed by atoms with Gasteiger partial charge in [0.15, 0.2) is 5.84 Å². The molecule has 28 heavy (non-hydrogen) atoms. The van der Waals surface area contributed by atoms with E-state index in [-0.39, 0.29) is 11.4 Å². The minimum Gasteiger partial charge on any atom is -0.378 e. The van der Waals surface area contributed by atoms with Crippen molar-refractivity contribution in [2.75, 3.05) is 19.0 Å². The molecule has 2 aromatic carbocycles. The molecule has 0 aromatic heterocycles. The quantitative estimate of drug-likeness (QED) is 0.775. The fraction of sp³-hybridized carbons (Fsp3) is 0.100. The number of halogens is 1. The predicted octanol–water partition coefficient (Wildman–Crippen LogP) is 4.07. The zero-order chi connectivity index (χ0) is 19.8. The number of nitrogens with one attached hydrogen (secondary N) is 1. The summed E-state index contributed by atoms with van der Waals surface area (Å²) in [5.74, 6) is -0.447. The van der Waals surface area contributed by atoms with E-state index in [2.05, 4.69) is 10.1 Å². The van der Waals surface area contributed by atoms with Gasteiger partial charge in [0, 0.05) is 25.3 Å². The number of carbonyl (C=O) groups is 1. The van der Waals surface area contributed by atoms with Crippen molar-refractivity contribution < 1.29 is 4.79 Å². The van der Waals surface area contributed by atoms with Gasteiger partial charge in [-0.25, -0.2) is 0 Å². The van der Waals surface area contributed by atoms with Crippen molar-refractivity contribution in [3.63, 3.8) is 0 Å². The van der Waals surface area contributed by atoms with Crippen molar-refractivity contribution in [3.05, 3.63) is 70.3 Å². The van der Waals surface area contributed by atoms with E-state index in [1.54, 1.807) is 12.1 Å². The molecule has 6 nitrogen and oxygen atoms in total. The van der Waals surface area contributed by atoms with E-state index in [0.717, 1.165) is 16.8 Å². The maximum atomic E-state index is 12.5. The molecule has 0 aliphatic carbocycles. The standard InChI is InChI=1S/C20H16ClN5OS/c1-25(2)13-9-7-12(8-10-13)11-15-17(22)26-20(23-18(15)27)28-19(24-26)14-5-3-4-6-16(14)21/h3-11,22H,1-2H3/b15-11-,22-17?. The average Bonchev–Trinajstić information content (AvgIpc) is 3.09. The monoisotopic (exact) mass is 409 g/mol. The van der Waals surface area contributed by atoms with Crippen LogP contribution in [0.1, 0.15) is 11.1 Å². The first kappa shape index (κ1) is 18.5. The summed E-state index contributed by atoms with van der Waals surface area (Å²) in [5.41, 5.74) is 2.82. The molecule has 0 atom stereocenters. The van der Waals surface area contributed by atoms with Crippen molar-refractivity contribution in [1.82, 2.24) is 5.01 Å². The average molecular weight is 410 g/mol. The summed E-state index contributed by atoms with van der Waals surface area (Å²) < 4.78 is 0. The predicted molar refractivity (Wildman–Crippen MR) is 116 cm³/mol. The van der Waals surface area contributed by atoms with E-state index >= 15 is 0 Å². The molecule has 0 bridgehead atoms. The number of rotatable bonds is 3. The van der Waals surface area contributed by atoms with E-state index in [0.29, 0.717) is 15.2 Å². The van der Waals surface area contributed by atoms with Crippen molar-refractivity contribution >= 4 is 57.1 Å². The number of nitrogens with zero attached hydrogens (tertiary/aromatic N) is 4. The van der Waals surface area contributed by atoms with E-state index < -0.39 is 5.91 Å². The van der Waals surface area contributed by atoms with Gasteiger partial charge in [-0.3, -0.25) is 10.2 Å². The number of fused-ring (bicyclic) bond motifs is 1. The van der Waals surface area contributed by atoms with E-state index in [1.807, 2.05) is 61.5 Å². The normalized spacial score (nSPS) is 17.5. The number of benzene rings is 2. The summed E-state index contributed by atoms with van der Waals surface area (Å²) in [6, 6.07) is 15.0.